The van der Waals surface area contributed by atoms with Crippen LogP contribution in [0.4, 0.5) is 0 Å². The first kappa shape index (κ1) is 12.0. The maximum Gasteiger partial charge on any atom is 0.119 e. The van der Waals surface area contributed by atoms with Crippen molar-refractivity contribution < 1.29 is 4.74 Å². The molecule has 4 heteroatoms. The molecule has 0 saturated heterocycles. The first-order valence-corrected chi connectivity index (χ1v) is 6.87. The van der Waals surface area contributed by atoms with E-state index >= 15 is 0 Å². The van der Waals surface area contributed by atoms with Gasteiger partial charge in [0.05, 0.1) is 12.7 Å². The lowest BCUT2D eigenvalue weighted by atomic mass is 9.92. The van der Waals surface area contributed by atoms with Gasteiger partial charge in [-0.1, -0.05) is 12.8 Å². The molecule has 90 valence electrons. The van der Waals surface area contributed by atoms with Gasteiger partial charge in [-0.2, -0.15) is 0 Å². The molecular weight excluding hydrogens is 220 g/mol. The highest BCUT2D eigenvalue weighted by atomic mass is 32.1. The number of rotatable bonds is 4. The molecule has 0 bridgehead atoms. The molecule has 2 atom stereocenters. The number of hydrogen-bond donors (Lipinski definition) is 1. The third-order valence-corrected chi connectivity index (χ3v) is 4.10. The average molecular weight is 240 g/mol. The van der Waals surface area contributed by atoms with E-state index in [1.807, 2.05) is 14.0 Å². The van der Waals surface area contributed by atoms with Crippen molar-refractivity contribution in [2.75, 3.05) is 7.05 Å². The molecule has 0 amide bonds. The largest absolute Gasteiger partial charge is 0.369 e. The molecule has 0 spiro atoms. The highest BCUT2D eigenvalue weighted by molar-refractivity contribution is 7.09. The van der Waals surface area contributed by atoms with E-state index in [9.17, 15) is 0 Å². The molecule has 1 fully saturated rings. The van der Waals surface area contributed by atoms with E-state index in [1.54, 1.807) is 11.3 Å². The minimum Gasteiger partial charge on any atom is -0.369 e. The summed E-state index contributed by atoms with van der Waals surface area (Å²) in [5, 5.41) is 6.53. The Morgan fingerprint density at radius 2 is 2.31 bits per heavy atom. The normalized spacial score (nSPS) is 25.9. The fourth-order valence-electron chi connectivity index (χ4n) is 2.27. The van der Waals surface area contributed by atoms with E-state index in [0.717, 1.165) is 10.7 Å². The molecular formula is C12H20N2OS. The molecule has 0 aromatic carbocycles. The van der Waals surface area contributed by atoms with Crippen molar-refractivity contribution in [2.24, 2.45) is 0 Å². The van der Waals surface area contributed by atoms with E-state index in [4.69, 9.17) is 4.74 Å². The fraction of sp³-hybridized carbons (Fsp3) is 0.750. The van der Waals surface area contributed by atoms with E-state index in [-0.39, 0.29) is 0 Å². The minimum atomic E-state index is 0.364. The Morgan fingerprint density at radius 1 is 1.50 bits per heavy atom. The molecule has 2 rings (SSSR count). The molecule has 1 heterocycles. The van der Waals surface area contributed by atoms with Crippen LogP contribution in [0, 0.1) is 6.92 Å². The van der Waals surface area contributed by atoms with Gasteiger partial charge < -0.3 is 10.1 Å². The zero-order valence-electron chi connectivity index (χ0n) is 10.0. The first-order valence-electron chi connectivity index (χ1n) is 5.99. The quantitative estimate of drug-likeness (QED) is 0.878. The molecule has 1 aliphatic rings. The monoisotopic (exact) mass is 240 g/mol. The van der Waals surface area contributed by atoms with Crippen molar-refractivity contribution in [3.05, 3.63) is 16.1 Å². The SMILES string of the molecule is CNC1CCCCC1OCc1nc(C)cs1. The van der Waals surface area contributed by atoms with Crippen LogP contribution in [0.2, 0.25) is 0 Å². The van der Waals surface area contributed by atoms with Gasteiger partial charge in [-0.25, -0.2) is 4.98 Å². The van der Waals surface area contributed by atoms with Crippen LogP contribution < -0.4 is 5.32 Å². The number of nitrogens with zero attached hydrogens (tertiary/aromatic N) is 1. The molecule has 2 unspecified atom stereocenters. The summed E-state index contributed by atoms with van der Waals surface area (Å²) in [6.07, 6.45) is 5.39. The van der Waals surface area contributed by atoms with E-state index in [2.05, 4.69) is 15.7 Å². The summed E-state index contributed by atoms with van der Waals surface area (Å²) in [5.74, 6) is 0. The third kappa shape index (κ3) is 3.03. The number of hydrogen-bond acceptors (Lipinski definition) is 4. The number of aromatic nitrogens is 1. The molecule has 16 heavy (non-hydrogen) atoms. The Hall–Kier alpha value is -0.450. The fourth-order valence-corrected chi connectivity index (χ4v) is 2.97. The molecule has 1 aromatic rings. The number of likely N-dealkylation sites (N-methyl/N-ethyl adjacent to an activating group) is 1. The predicted molar refractivity (Wildman–Crippen MR) is 66.7 cm³/mol. The summed E-state index contributed by atoms with van der Waals surface area (Å²) in [4.78, 5) is 4.42. The van der Waals surface area contributed by atoms with Crippen LogP contribution in [-0.2, 0) is 11.3 Å². The molecule has 1 saturated carbocycles. The van der Waals surface area contributed by atoms with E-state index in [1.165, 1.54) is 25.7 Å². The highest BCUT2D eigenvalue weighted by Gasteiger charge is 2.24. The highest BCUT2D eigenvalue weighted by Crippen LogP contribution is 2.22. The second-order valence-corrected chi connectivity index (χ2v) is 5.35. The van der Waals surface area contributed by atoms with Crippen molar-refractivity contribution in [3.63, 3.8) is 0 Å². The molecule has 1 aromatic heterocycles. The van der Waals surface area contributed by atoms with Crippen LogP contribution in [-0.4, -0.2) is 24.2 Å². The van der Waals surface area contributed by atoms with Gasteiger partial charge in [0.1, 0.15) is 5.01 Å². The maximum atomic E-state index is 5.97. The maximum absolute atomic E-state index is 5.97. The summed E-state index contributed by atoms with van der Waals surface area (Å²) in [6, 6.07) is 0.523. The van der Waals surface area contributed by atoms with Crippen LogP contribution >= 0.6 is 11.3 Å². The van der Waals surface area contributed by atoms with Crippen molar-refractivity contribution >= 4 is 11.3 Å². The van der Waals surface area contributed by atoms with Gasteiger partial charge in [0, 0.05) is 17.1 Å². The number of nitrogens with one attached hydrogen (secondary N) is 1. The van der Waals surface area contributed by atoms with Gasteiger partial charge >= 0.3 is 0 Å². The Kier molecular flexibility index (Phi) is 4.32. The summed E-state index contributed by atoms with van der Waals surface area (Å²) in [6.45, 7) is 2.69. The van der Waals surface area contributed by atoms with Crippen molar-refractivity contribution in [2.45, 2.75) is 51.4 Å². The predicted octanol–water partition coefficient (Wildman–Crippen LogP) is 2.50. The lowest BCUT2D eigenvalue weighted by Crippen LogP contribution is -2.41. The van der Waals surface area contributed by atoms with Gasteiger partial charge in [-0.05, 0) is 26.8 Å². The Bertz CT molecular complexity index is 327. The third-order valence-electron chi connectivity index (χ3n) is 3.16. The van der Waals surface area contributed by atoms with E-state index < -0.39 is 0 Å². The second kappa shape index (κ2) is 5.75. The van der Waals surface area contributed by atoms with Crippen molar-refractivity contribution in [3.8, 4) is 0 Å². The number of ether oxygens (including phenoxy) is 1. The lowest BCUT2D eigenvalue weighted by molar-refractivity contribution is -0.00370. The van der Waals surface area contributed by atoms with Gasteiger partial charge in [-0.3, -0.25) is 0 Å². The molecule has 3 nitrogen and oxygen atoms in total. The Balaban J connectivity index is 1.84. The zero-order chi connectivity index (χ0) is 11.4. The molecule has 0 aliphatic heterocycles. The molecule has 0 radical (unpaired) electrons. The van der Waals surface area contributed by atoms with Crippen LogP contribution in [0.25, 0.3) is 0 Å². The smallest absolute Gasteiger partial charge is 0.119 e. The zero-order valence-corrected chi connectivity index (χ0v) is 10.8. The summed E-state index contributed by atoms with van der Waals surface area (Å²) < 4.78 is 5.97. The Morgan fingerprint density at radius 3 is 3.00 bits per heavy atom. The van der Waals surface area contributed by atoms with Crippen LogP contribution in [0.3, 0.4) is 0 Å². The van der Waals surface area contributed by atoms with Crippen molar-refractivity contribution in [1.82, 2.24) is 10.3 Å². The molecule has 1 aliphatic carbocycles. The standard InChI is InChI=1S/C12H20N2OS/c1-9-8-16-12(14-9)7-15-11-6-4-3-5-10(11)13-2/h8,10-11,13H,3-7H2,1-2H3. The van der Waals surface area contributed by atoms with Crippen LogP contribution in [0.1, 0.15) is 36.4 Å². The number of aryl methyl sites for hydroxylation is 1. The topological polar surface area (TPSA) is 34.1 Å². The summed E-state index contributed by atoms with van der Waals surface area (Å²) in [5.41, 5.74) is 1.09. The van der Waals surface area contributed by atoms with Gasteiger partial charge in [0.2, 0.25) is 0 Å². The number of thiazole rings is 1. The first-order chi connectivity index (χ1) is 7.79. The van der Waals surface area contributed by atoms with Crippen LogP contribution in [0.5, 0.6) is 0 Å². The van der Waals surface area contributed by atoms with E-state index in [0.29, 0.717) is 18.8 Å². The average Bonchev–Trinajstić information content (AvgIpc) is 2.73. The Labute approximate surface area is 101 Å². The van der Waals surface area contributed by atoms with Gasteiger partial charge in [0.15, 0.2) is 0 Å². The van der Waals surface area contributed by atoms with Gasteiger partial charge in [-0.15, -0.1) is 11.3 Å². The van der Waals surface area contributed by atoms with Gasteiger partial charge in [0.25, 0.3) is 0 Å². The molecule has 1 N–H and O–H groups in total. The summed E-state index contributed by atoms with van der Waals surface area (Å²) >= 11 is 1.69. The summed E-state index contributed by atoms with van der Waals surface area (Å²) in [7, 11) is 2.03. The second-order valence-electron chi connectivity index (χ2n) is 4.41. The van der Waals surface area contributed by atoms with Crippen molar-refractivity contribution in [1.29, 1.82) is 0 Å². The minimum absolute atomic E-state index is 0.364. The lowest BCUT2D eigenvalue weighted by Gasteiger charge is -2.30. The van der Waals surface area contributed by atoms with Crippen LogP contribution in [0.15, 0.2) is 5.38 Å².